The van der Waals surface area contributed by atoms with Gasteiger partial charge in [-0.05, 0) is 20.3 Å². The molecule has 0 radical (unpaired) electrons. The lowest BCUT2D eigenvalue weighted by molar-refractivity contribution is 0.532. The van der Waals surface area contributed by atoms with Gasteiger partial charge < -0.3 is 11.5 Å². The molecule has 3 heterocycles. The fraction of sp³-hybridized carbons (Fsp3) is 0.333. The Hall–Kier alpha value is -2.70. The Balaban J connectivity index is 2.25. The van der Waals surface area contributed by atoms with Gasteiger partial charge in [-0.1, -0.05) is 6.92 Å². The minimum Gasteiger partial charge on any atom is -0.382 e. The van der Waals surface area contributed by atoms with Gasteiger partial charge in [0.1, 0.15) is 16.9 Å². The summed E-state index contributed by atoms with van der Waals surface area (Å²) in [7, 11) is 0. The maximum Gasteiger partial charge on any atom is 0.151 e. The molecule has 7 nitrogen and oxygen atoms in total. The quantitative estimate of drug-likeness (QED) is 0.767. The molecule has 0 atom stereocenters. The molecule has 0 spiro atoms. The predicted octanol–water partition coefficient (Wildman–Crippen LogP) is 2.20. The van der Waals surface area contributed by atoms with Gasteiger partial charge >= 0.3 is 0 Å². The van der Waals surface area contributed by atoms with Crippen LogP contribution < -0.4 is 11.5 Å². The standard InChI is InChI=1S/C15H19N7/c1-4-11-14(16)21-12-10(6-18-15(17)13(12)20-11)9-5-19-22(7-9)8(2)3/h5-8H,4H2,1-3H3,(H2,16,21)(H2,17,18). The van der Waals surface area contributed by atoms with Crippen molar-refractivity contribution in [3.05, 3.63) is 24.3 Å². The maximum atomic E-state index is 5.99. The number of aromatic nitrogens is 5. The lowest BCUT2D eigenvalue weighted by Gasteiger charge is -2.09. The number of hydrogen-bond donors (Lipinski definition) is 2. The monoisotopic (exact) mass is 297 g/mol. The average Bonchev–Trinajstić information content (AvgIpc) is 2.97. The highest BCUT2D eigenvalue weighted by atomic mass is 15.3. The van der Waals surface area contributed by atoms with Crippen LogP contribution in [0.5, 0.6) is 0 Å². The van der Waals surface area contributed by atoms with Gasteiger partial charge in [0.25, 0.3) is 0 Å². The van der Waals surface area contributed by atoms with Gasteiger partial charge in [0.15, 0.2) is 5.82 Å². The largest absolute Gasteiger partial charge is 0.382 e. The lowest BCUT2D eigenvalue weighted by Crippen LogP contribution is -2.04. The third-order valence-corrected chi connectivity index (χ3v) is 3.61. The first-order valence-electron chi connectivity index (χ1n) is 7.26. The maximum absolute atomic E-state index is 5.99. The van der Waals surface area contributed by atoms with Gasteiger partial charge in [-0.15, -0.1) is 0 Å². The molecule has 0 amide bonds. The summed E-state index contributed by atoms with van der Waals surface area (Å²) in [5, 5.41) is 4.36. The van der Waals surface area contributed by atoms with Crippen molar-refractivity contribution in [3.8, 4) is 11.1 Å². The first-order chi connectivity index (χ1) is 10.5. The van der Waals surface area contributed by atoms with E-state index in [0.29, 0.717) is 29.1 Å². The van der Waals surface area contributed by atoms with Crippen LogP contribution >= 0.6 is 0 Å². The number of nitrogens with zero attached hydrogens (tertiary/aromatic N) is 5. The Bertz CT molecular complexity index is 835. The van der Waals surface area contributed by atoms with Crippen molar-refractivity contribution in [1.82, 2.24) is 24.7 Å². The minimum atomic E-state index is 0.282. The molecular weight excluding hydrogens is 278 g/mol. The number of pyridine rings is 1. The summed E-state index contributed by atoms with van der Waals surface area (Å²) in [5.41, 5.74) is 15.7. The normalized spacial score (nSPS) is 11.5. The van der Waals surface area contributed by atoms with E-state index in [1.165, 1.54) is 0 Å². The first-order valence-corrected chi connectivity index (χ1v) is 7.26. The number of rotatable bonds is 3. The smallest absolute Gasteiger partial charge is 0.151 e. The van der Waals surface area contributed by atoms with Gasteiger partial charge in [0.2, 0.25) is 0 Å². The van der Waals surface area contributed by atoms with Crippen LogP contribution in [0.25, 0.3) is 22.2 Å². The molecule has 0 saturated heterocycles. The van der Waals surface area contributed by atoms with Crippen LogP contribution in [0.1, 0.15) is 32.5 Å². The van der Waals surface area contributed by atoms with E-state index in [9.17, 15) is 0 Å². The van der Waals surface area contributed by atoms with Crippen LogP contribution in [-0.2, 0) is 6.42 Å². The zero-order valence-corrected chi connectivity index (χ0v) is 12.9. The zero-order chi connectivity index (χ0) is 15.9. The number of fused-ring (bicyclic) bond motifs is 1. The van der Waals surface area contributed by atoms with Crippen LogP contribution in [-0.4, -0.2) is 24.7 Å². The molecule has 22 heavy (non-hydrogen) atoms. The molecule has 0 bridgehead atoms. The second-order valence-corrected chi connectivity index (χ2v) is 5.47. The van der Waals surface area contributed by atoms with Crippen molar-refractivity contribution >= 4 is 22.7 Å². The molecule has 0 unspecified atom stereocenters. The van der Waals surface area contributed by atoms with Crippen molar-refractivity contribution in [1.29, 1.82) is 0 Å². The molecule has 4 N–H and O–H groups in total. The highest BCUT2D eigenvalue weighted by Crippen LogP contribution is 2.29. The summed E-state index contributed by atoms with van der Waals surface area (Å²) in [4.78, 5) is 13.3. The second kappa shape index (κ2) is 5.25. The van der Waals surface area contributed by atoms with Gasteiger partial charge in [-0.25, -0.2) is 15.0 Å². The van der Waals surface area contributed by atoms with Crippen molar-refractivity contribution in [2.24, 2.45) is 0 Å². The SMILES string of the molecule is CCc1nc2c(N)ncc(-c3cnn(C(C)C)c3)c2nc1N. The van der Waals surface area contributed by atoms with Crippen LogP contribution in [0.2, 0.25) is 0 Å². The molecule has 3 aromatic rings. The Morgan fingerprint density at radius 1 is 1.09 bits per heavy atom. The summed E-state index contributed by atoms with van der Waals surface area (Å²) in [6, 6.07) is 0.282. The first kappa shape index (κ1) is 14.2. The third kappa shape index (κ3) is 2.24. The molecular formula is C15H19N7. The Morgan fingerprint density at radius 3 is 2.50 bits per heavy atom. The van der Waals surface area contributed by atoms with Crippen LogP contribution in [0.4, 0.5) is 11.6 Å². The molecule has 0 fully saturated rings. The molecule has 0 saturated carbocycles. The van der Waals surface area contributed by atoms with Crippen molar-refractivity contribution in [2.75, 3.05) is 11.5 Å². The number of anilines is 2. The molecule has 0 aliphatic rings. The summed E-state index contributed by atoms with van der Waals surface area (Å²) in [6.07, 6.45) is 6.14. The van der Waals surface area contributed by atoms with E-state index in [2.05, 4.69) is 33.9 Å². The summed E-state index contributed by atoms with van der Waals surface area (Å²) in [6.45, 7) is 6.12. The molecule has 114 valence electrons. The van der Waals surface area contributed by atoms with E-state index in [4.69, 9.17) is 11.5 Å². The summed E-state index contributed by atoms with van der Waals surface area (Å²) in [5.74, 6) is 0.787. The number of aryl methyl sites for hydroxylation is 1. The second-order valence-electron chi connectivity index (χ2n) is 5.47. The van der Waals surface area contributed by atoms with Gasteiger partial charge in [0.05, 0.1) is 11.9 Å². The predicted molar refractivity (Wildman–Crippen MR) is 87.1 cm³/mol. The lowest BCUT2D eigenvalue weighted by atomic mass is 10.1. The fourth-order valence-electron chi connectivity index (χ4n) is 2.34. The molecule has 7 heteroatoms. The molecule has 0 aliphatic carbocycles. The van der Waals surface area contributed by atoms with Crippen molar-refractivity contribution in [2.45, 2.75) is 33.2 Å². The Labute approximate surface area is 128 Å². The van der Waals surface area contributed by atoms with E-state index in [1.807, 2.05) is 17.8 Å². The van der Waals surface area contributed by atoms with Crippen LogP contribution in [0.3, 0.4) is 0 Å². The van der Waals surface area contributed by atoms with E-state index >= 15 is 0 Å². The van der Waals surface area contributed by atoms with Crippen LogP contribution in [0.15, 0.2) is 18.6 Å². The molecule has 3 aromatic heterocycles. The molecule has 0 aliphatic heterocycles. The van der Waals surface area contributed by atoms with E-state index in [1.54, 1.807) is 12.4 Å². The Morgan fingerprint density at radius 2 is 1.86 bits per heavy atom. The van der Waals surface area contributed by atoms with Gasteiger partial charge in [-0.3, -0.25) is 4.68 Å². The third-order valence-electron chi connectivity index (χ3n) is 3.61. The van der Waals surface area contributed by atoms with Crippen molar-refractivity contribution < 1.29 is 0 Å². The minimum absolute atomic E-state index is 0.282. The summed E-state index contributed by atoms with van der Waals surface area (Å²) >= 11 is 0. The number of hydrogen-bond acceptors (Lipinski definition) is 6. The van der Waals surface area contributed by atoms with E-state index in [-0.39, 0.29) is 6.04 Å². The molecule has 0 aromatic carbocycles. The van der Waals surface area contributed by atoms with Crippen molar-refractivity contribution in [3.63, 3.8) is 0 Å². The number of nitrogen functional groups attached to an aromatic ring is 2. The average molecular weight is 297 g/mol. The fourth-order valence-corrected chi connectivity index (χ4v) is 2.34. The summed E-state index contributed by atoms with van der Waals surface area (Å²) < 4.78 is 1.88. The zero-order valence-electron chi connectivity index (χ0n) is 12.9. The van der Waals surface area contributed by atoms with Crippen LogP contribution in [0, 0.1) is 0 Å². The Kier molecular flexibility index (Phi) is 3.40. The molecule has 3 rings (SSSR count). The van der Waals surface area contributed by atoms with E-state index in [0.717, 1.165) is 16.8 Å². The van der Waals surface area contributed by atoms with Gasteiger partial charge in [0, 0.05) is 29.6 Å². The highest BCUT2D eigenvalue weighted by Gasteiger charge is 2.15. The van der Waals surface area contributed by atoms with E-state index < -0.39 is 0 Å². The topological polar surface area (TPSA) is 109 Å². The van der Waals surface area contributed by atoms with Gasteiger partial charge in [-0.2, -0.15) is 5.10 Å². The number of nitrogens with two attached hydrogens (primary N) is 2. The highest BCUT2D eigenvalue weighted by molar-refractivity contribution is 5.96.